The number of halogens is 1. The zero-order valence-corrected chi connectivity index (χ0v) is 10.2. The average Bonchev–Trinajstić information content (AvgIpc) is 2.32. The van der Waals surface area contributed by atoms with Crippen LogP contribution in [0.15, 0.2) is 18.2 Å². The standard InChI is InChI=1S/C12H18FN3O/c1-3-16(8-12(17)15-2)7-9-4-5-11(14)10(13)6-9/h4-6H,3,7-8,14H2,1-2H3,(H,15,17). The summed E-state index contributed by atoms with van der Waals surface area (Å²) in [5.74, 6) is -0.471. The first kappa shape index (κ1) is 13.4. The van der Waals surface area contributed by atoms with Crippen LogP contribution >= 0.6 is 0 Å². The molecular formula is C12H18FN3O. The van der Waals surface area contributed by atoms with E-state index in [2.05, 4.69) is 5.32 Å². The van der Waals surface area contributed by atoms with Gasteiger partial charge < -0.3 is 11.1 Å². The van der Waals surface area contributed by atoms with Crippen molar-refractivity contribution in [2.45, 2.75) is 13.5 Å². The van der Waals surface area contributed by atoms with Gasteiger partial charge in [-0.25, -0.2) is 4.39 Å². The fraction of sp³-hybridized carbons (Fsp3) is 0.417. The highest BCUT2D eigenvalue weighted by atomic mass is 19.1. The minimum atomic E-state index is -0.418. The Morgan fingerprint density at radius 3 is 2.76 bits per heavy atom. The third-order valence-electron chi connectivity index (χ3n) is 2.56. The average molecular weight is 239 g/mol. The predicted molar refractivity (Wildman–Crippen MR) is 65.8 cm³/mol. The molecule has 0 fully saturated rings. The van der Waals surface area contributed by atoms with Crippen molar-refractivity contribution in [1.29, 1.82) is 0 Å². The lowest BCUT2D eigenvalue weighted by Gasteiger charge is -2.19. The van der Waals surface area contributed by atoms with Crippen LogP contribution in [0.2, 0.25) is 0 Å². The first-order valence-corrected chi connectivity index (χ1v) is 5.53. The van der Waals surface area contributed by atoms with Crippen molar-refractivity contribution in [3.05, 3.63) is 29.6 Å². The van der Waals surface area contributed by atoms with Crippen molar-refractivity contribution in [3.63, 3.8) is 0 Å². The van der Waals surface area contributed by atoms with Gasteiger partial charge >= 0.3 is 0 Å². The summed E-state index contributed by atoms with van der Waals surface area (Å²) in [6.07, 6.45) is 0. The van der Waals surface area contributed by atoms with Gasteiger partial charge in [-0.2, -0.15) is 0 Å². The number of nitrogens with one attached hydrogen (secondary N) is 1. The maximum Gasteiger partial charge on any atom is 0.233 e. The van der Waals surface area contributed by atoms with E-state index in [-0.39, 0.29) is 11.6 Å². The maximum absolute atomic E-state index is 13.2. The molecule has 3 N–H and O–H groups in total. The summed E-state index contributed by atoms with van der Waals surface area (Å²) in [4.78, 5) is 13.2. The molecule has 1 rings (SSSR count). The molecule has 0 heterocycles. The number of anilines is 1. The van der Waals surface area contributed by atoms with E-state index in [9.17, 15) is 9.18 Å². The fourth-order valence-corrected chi connectivity index (χ4v) is 1.49. The molecular weight excluding hydrogens is 221 g/mol. The summed E-state index contributed by atoms with van der Waals surface area (Å²) in [5.41, 5.74) is 6.35. The number of rotatable bonds is 5. The quantitative estimate of drug-likeness (QED) is 0.753. The lowest BCUT2D eigenvalue weighted by atomic mass is 10.2. The smallest absolute Gasteiger partial charge is 0.233 e. The first-order valence-electron chi connectivity index (χ1n) is 5.53. The molecule has 0 unspecified atom stereocenters. The summed E-state index contributed by atoms with van der Waals surface area (Å²) in [7, 11) is 1.60. The Bertz CT molecular complexity index is 395. The highest BCUT2D eigenvalue weighted by Gasteiger charge is 2.09. The third kappa shape index (κ3) is 4.03. The second kappa shape index (κ2) is 6.20. The fourth-order valence-electron chi connectivity index (χ4n) is 1.49. The highest BCUT2D eigenvalue weighted by Crippen LogP contribution is 2.13. The van der Waals surface area contributed by atoms with E-state index < -0.39 is 5.82 Å². The normalized spacial score (nSPS) is 10.6. The molecule has 0 radical (unpaired) electrons. The van der Waals surface area contributed by atoms with Crippen molar-refractivity contribution < 1.29 is 9.18 Å². The van der Waals surface area contributed by atoms with Crippen molar-refractivity contribution in [1.82, 2.24) is 10.2 Å². The molecule has 0 aliphatic rings. The van der Waals surface area contributed by atoms with Crippen LogP contribution in [-0.4, -0.2) is 30.9 Å². The molecule has 0 atom stereocenters. The van der Waals surface area contributed by atoms with Gasteiger partial charge in [-0.05, 0) is 24.2 Å². The molecule has 0 aliphatic carbocycles. The number of benzene rings is 1. The van der Waals surface area contributed by atoms with Gasteiger partial charge in [0.25, 0.3) is 0 Å². The Hall–Kier alpha value is -1.62. The van der Waals surface area contributed by atoms with E-state index in [1.54, 1.807) is 19.2 Å². The SMILES string of the molecule is CCN(CC(=O)NC)Cc1ccc(N)c(F)c1. The minimum Gasteiger partial charge on any atom is -0.396 e. The number of hydrogen-bond acceptors (Lipinski definition) is 3. The van der Waals surface area contributed by atoms with Gasteiger partial charge in [0.05, 0.1) is 12.2 Å². The number of carbonyl (C=O) groups excluding carboxylic acids is 1. The second-order valence-electron chi connectivity index (χ2n) is 3.83. The van der Waals surface area contributed by atoms with Crippen molar-refractivity contribution in [2.24, 2.45) is 0 Å². The Morgan fingerprint density at radius 2 is 2.24 bits per heavy atom. The second-order valence-corrected chi connectivity index (χ2v) is 3.83. The van der Waals surface area contributed by atoms with Crippen LogP contribution in [0.4, 0.5) is 10.1 Å². The molecule has 0 spiro atoms. The van der Waals surface area contributed by atoms with Crippen molar-refractivity contribution in [3.8, 4) is 0 Å². The lowest BCUT2D eigenvalue weighted by molar-refractivity contribution is -0.121. The summed E-state index contributed by atoms with van der Waals surface area (Å²) in [6.45, 7) is 3.51. The number of amides is 1. The zero-order valence-electron chi connectivity index (χ0n) is 10.2. The molecule has 1 aromatic carbocycles. The number of nitrogen functional groups attached to an aromatic ring is 1. The molecule has 0 saturated carbocycles. The number of carbonyl (C=O) groups is 1. The van der Waals surface area contributed by atoms with Gasteiger partial charge in [0.1, 0.15) is 5.82 Å². The van der Waals surface area contributed by atoms with Gasteiger partial charge in [-0.15, -0.1) is 0 Å². The topological polar surface area (TPSA) is 58.4 Å². The predicted octanol–water partition coefficient (Wildman–Crippen LogP) is 0.976. The molecule has 1 amide bonds. The lowest BCUT2D eigenvalue weighted by Crippen LogP contribution is -2.35. The zero-order chi connectivity index (χ0) is 12.8. The van der Waals surface area contributed by atoms with Gasteiger partial charge in [0, 0.05) is 13.6 Å². The minimum absolute atomic E-state index is 0.0530. The van der Waals surface area contributed by atoms with E-state index in [0.717, 1.165) is 12.1 Å². The Kier molecular flexibility index (Phi) is 4.90. The molecule has 0 aromatic heterocycles. The van der Waals surface area contributed by atoms with E-state index in [0.29, 0.717) is 13.1 Å². The van der Waals surface area contributed by atoms with Crippen LogP contribution in [0.1, 0.15) is 12.5 Å². The Labute approximate surface area is 101 Å². The molecule has 5 heteroatoms. The van der Waals surface area contributed by atoms with Crippen LogP contribution < -0.4 is 11.1 Å². The number of likely N-dealkylation sites (N-methyl/N-ethyl adjacent to an activating group) is 2. The van der Waals surface area contributed by atoms with Gasteiger partial charge in [-0.3, -0.25) is 9.69 Å². The monoisotopic (exact) mass is 239 g/mol. The van der Waals surface area contributed by atoms with Crippen molar-refractivity contribution in [2.75, 3.05) is 25.9 Å². The van der Waals surface area contributed by atoms with Crippen LogP contribution in [0, 0.1) is 5.82 Å². The van der Waals surface area contributed by atoms with Gasteiger partial charge in [0.15, 0.2) is 0 Å². The first-order chi connectivity index (χ1) is 8.06. The summed E-state index contributed by atoms with van der Waals surface area (Å²) >= 11 is 0. The summed E-state index contributed by atoms with van der Waals surface area (Å²) in [6, 6.07) is 4.71. The molecule has 0 bridgehead atoms. The molecule has 94 valence electrons. The van der Waals surface area contributed by atoms with Gasteiger partial charge in [0.2, 0.25) is 5.91 Å². The van der Waals surface area contributed by atoms with Gasteiger partial charge in [-0.1, -0.05) is 13.0 Å². The molecule has 1 aromatic rings. The summed E-state index contributed by atoms with van der Waals surface area (Å²) in [5, 5.41) is 2.56. The largest absolute Gasteiger partial charge is 0.396 e. The number of hydrogen-bond donors (Lipinski definition) is 2. The van der Waals surface area contributed by atoms with Crippen LogP contribution in [0.25, 0.3) is 0 Å². The third-order valence-corrected chi connectivity index (χ3v) is 2.56. The Morgan fingerprint density at radius 1 is 1.53 bits per heavy atom. The molecule has 0 aliphatic heterocycles. The van der Waals surface area contributed by atoms with E-state index in [4.69, 9.17) is 5.73 Å². The highest BCUT2D eigenvalue weighted by molar-refractivity contribution is 5.77. The molecule has 0 saturated heterocycles. The molecule has 17 heavy (non-hydrogen) atoms. The van der Waals surface area contributed by atoms with E-state index in [1.807, 2.05) is 11.8 Å². The van der Waals surface area contributed by atoms with E-state index in [1.165, 1.54) is 6.07 Å². The van der Waals surface area contributed by atoms with Crippen molar-refractivity contribution >= 4 is 11.6 Å². The van der Waals surface area contributed by atoms with Crippen LogP contribution in [0.5, 0.6) is 0 Å². The number of nitrogens with zero attached hydrogens (tertiary/aromatic N) is 1. The Balaban J connectivity index is 2.67. The number of nitrogens with two attached hydrogens (primary N) is 1. The van der Waals surface area contributed by atoms with Crippen LogP contribution in [-0.2, 0) is 11.3 Å². The van der Waals surface area contributed by atoms with Crippen LogP contribution in [0.3, 0.4) is 0 Å². The van der Waals surface area contributed by atoms with E-state index >= 15 is 0 Å². The molecule has 4 nitrogen and oxygen atoms in total. The maximum atomic E-state index is 13.2. The summed E-state index contributed by atoms with van der Waals surface area (Å²) < 4.78 is 13.2.